The molecule has 6 aromatic rings. The molecule has 9 rings (SSSR count). The number of fused-ring (bicyclic) bond motifs is 9. The summed E-state index contributed by atoms with van der Waals surface area (Å²) in [7, 11) is 0. The van der Waals surface area contributed by atoms with Crippen LogP contribution in [-0.4, -0.2) is 11.8 Å². The smallest absolute Gasteiger partial charge is 0.0223 e. The molecule has 0 nitrogen and oxygen atoms in total. The Morgan fingerprint density at radius 2 is 0.481 bits per heavy atom. The average Bonchev–Trinajstić information content (AvgIpc) is 4.26. The lowest BCUT2D eigenvalue weighted by Crippen LogP contribution is -2.26. The maximum absolute atomic E-state index is 6.33. The van der Waals surface area contributed by atoms with E-state index in [2.05, 4.69) is 149 Å². The SMILES string of the molecule is CCCCCCC1(CCCCCC)c2ccccc2-c2ccc(-c3ccc4c(c3)C(CCCCCCCl)(CCCCCCCl)c3cc(-c5ccc6c(c5)C(CCCCCC)(CCCCCC)c5ccccc5-6)ccc3-4)cc21. The van der Waals surface area contributed by atoms with Gasteiger partial charge in [-0.25, -0.2) is 0 Å². The number of benzene rings is 6. The van der Waals surface area contributed by atoms with Crippen LogP contribution >= 0.6 is 23.2 Å². The van der Waals surface area contributed by atoms with E-state index >= 15 is 0 Å². The molecule has 0 amide bonds. The van der Waals surface area contributed by atoms with Crippen LogP contribution in [0.2, 0.25) is 0 Å². The summed E-state index contributed by atoms with van der Waals surface area (Å²) >= 11 is 12.7. The van der Waals surface area contributed by atoms with E-state index in [0.717, 1.165) is 37.4 Å². The largest absolute Gasteiger partial charge is 0.127 e. The first-order valence-electron chi connectivity index (χ1n) is 31.8. The molecule has 2 heteroatoms. The summed E-state index contributed by atoms with van der Waals surface area (Å²) in [6.07, 6.45) is 37.5. The van der Waals surface area contributed by atoms with Crippen molar-refractivity contribution in [3.8, 4) is 55.6 Å². The lowest BCUT2D eigenvalue weighted by Gasteiger charge is -2.34. The number of rotatable bonds is 34. The van der Waals surface area contributed by atoms with Crippen LogP contribution in [0.5, 0.6) is 0 Å². The van der Waals surface area contributed by atoms with Crippen molar-refractivity contribution in [3.05, 3.63) is 155 Å². The molecule has 0 radical (unpaired) electrons. The summed E-state index contributed by atoms with van der Waals surface area (Å²) in [5, 5.41) is 0. The van der Waals surface area contributed by atoms with Crippen LogP contribution < -0.4 is 0 Å². The van der Waals surface area contributed by atoms with Crippen LogP contribution in [0.25, 0.3) is 55.6 Å². The molecule has 0 unspecified atom stereocenters. The Labute approximate surface area is 479 Å². The fourth-order valence-corrected chi connectivity index (χ4v) is 15.7. The Morgan fingerprint density at radius 3 is 0.753 bits per heavy atom. The molecule has 3 aliphatic rings. The van der Waals surface area contributed by atoms with Gasteiger partial charge in [0.15, 0.2) is 0 Å². The Balaban J connectivity index is 1.15. The van der Waals surface area contributed by atoms with Crippen LogP contribution in [0.1, 0.15) is 254 Å². The topological polar surface area (TPSA) is 0 Å². The molecule has 0 aromatic heterocycles. The van der Waals surface area contributed by atoms with Crippen LogP contribution in [-0.2, 0) is 16.2 Å². The minimum atomic E-state index is -0.0802. The lowest BCUT2D eigenvalue weighted by molar-refractivity contribution is 0.401. The predicted molar refractivity (Wildman–Crippen MR) is 339 cm³/mol. The van der Waals surface area contributed by atoms with Crippen LogP contribution in [0.15, 0.2) is 121 Å². The predicted octanol–water partition coefficient (Wildman–Crippen LogP) is 24.1. The van der Waals surface area contributed by atoms with E-state index in [1.807, 2.05) is 0 Å². The van der Waals surface area contributed by atoms with Gasteiger partial charge in [0.05, 0.1) is 0 Å². The van der Waals surface area contributed by atoms with Gasteiger partial charge in [-0.3, -0.25) is 0 Å². The first-order chi connectivity index (χ1) is 37.9. The fraction of sp³-hybridized carbons (Fsp3) is 0.520. The van der Waals surface area contributed by atoms with Crippen molar-refractivity contribution in [2.45, 2.75) is 237 Å². The highest BCUT2D eigenvalue weighted by Gasteiger charge is 2.46. The first-order valence-corrected chi connectivity index (χ1v) is 32.9. The van der Waals surface area contributed by atoms with E-state index in [9.17, 15) is 0 Å². The molecule has 0 N–H and O–H groups in total. The molecule has 77 heavy (non-hydrogen) atoms. The van der Waals surface area contributed by atoms with Gasteiger partial charge < -0.3 is 0 Å². The van der Waals surface area contributed by atoms with Crippen molar-refractivity contribution in [1.82, 2.24) is 0 Å². The molecule has 0 spiro atoms. The van der Waals surface area contributed by atoms with Crippen LogP contribution in [0, 0.1) is 0 Å². The van der Waals surface area contributed by atoms with Gasteiger partial charge in [-0.15, -0.1) is 23.2 Å². The Morgan fingerprint density at radius 1 is 0.247 bits per heavy atom. The number of hydrogen-bond donors (Lipinski definition) is 0. The second kappa shape index (κ2) is 27.9. The van der Waals surface area contributed by atoms with E-state index in [0.29, 0.717) is 0 Å². The molecular weight excluding hydrogens is 972 g/mol. The van der Waals surface area contributed by atoms with E-state index in [-0.39, 0.29) is 16.2 Å². The van der Waals surface area contributed by atoms with Crippen molar-refractivity contribution < 1.29 is 0 Å². The third-order valence-corrected chi connectivity index (χ3v) is 19.9. The van der Waals surface area contributed by atoms with E-state index in [1.54, 1.807) is 33.4 Å². The lowest BCUT2D eigenvalue weighted by atomic mass is 9.69. The molecule has 0 atom stereocenters. The minimum Gasteiger partial charge on any atom is -0.127 e. The molecule has 0 saturated carbocycles. The molecule has 0 fully saturated rings. The van der Waals surface area contributed by atoms with E-state index in [4.69, 9.17) is 23.2 Å². The number of halogens is 2. The highest BCUT2D eigenvalue weighted by molar-refractivity contribution is 6.18. The Bertz CT molecular complexity index is 2610. The summed E-state index contributed by atoms with van der Waals surface area (Å²) in [6.45, 7) is 9.40. The molecule has 0 saturated heterocycles. The van der Waals surface area contributed by atoms with E-state index < -0.39 is 0 Å². The number of hydrogen-bond acceptors (Lipinski definition) is 0. The number of alkyl halides is 2. The standard InChI is InChI=1S/C75H96Cl2/c1-5-9-13-25-45-73(46-26-14-10-6-2)67-35-23-21-33-61(67)63-41-37-57(53-69(63)73)59-39-43-65-66-44-40-60(56-72(66)75(71(65)55-59,49-29-17-19-31-51-76)50-30-18-20-32-52-77)58-38-42-64-62-34-22-24-36-68(62)74(70(64)54-58,47-27-15-11-7-3)48-28-16-12-8-4/h21-24,33-44,53-56H,5-20,25-32,45-52H2,1-4H3. The van der Waals surface area contributed by atoms with Crippen molar-refractivity contribution in [3.63, 3.8) is 0 Å². The molecule has 410 valence electrons. The third-order valence-electron chi connectivity index (χ3n) is 19.4. The molecule has 6 aromatic carbocycles. The average molecular weight is 1070 g/mol. The molecular formula is C75H96Cl2. The van der Waals surface area contributed by atoms with Gasteiger partial charge in [0.25, 0.3) is 0 Å². The first kappa shape index (κ1) is 57.6. The zero-order chi connectivity index (χ0) is 53.5. The fourth-order valence-electron chi connectivity index (χ4n) is 15.3. The van der Waals surface area contributed by atoms with Crippen LogP contribution in [0.3, 0.4) is 0 Å². The highest BCUT2D eigenvalue weighted by atomic mass is 35.5. The zero-order valence-corrected chi connectivity index (χ0v) is 49.9. The number of unbranched alkanes of at least 4 members (excludes halogenated alkanes) is 18. The van der Waals surface area contributed by atoms with Gasteiger partial charge in [0, 0.05) is 28.0 Å². The monoisotopic (exact) mass is 1070 g/mol. The quantitative estimate of drug-likeness (QED) is 0.0279. The Kier molecular flexibility index (Phi) is 20.8. The maximum Gasteiger partial charge on any atom is 0.0223 e. The second-order valence-electron chi connectivity index (χ2n) is 24.3. The summed E-state index contributed by atoms with van der Waals surface area (Å²) < 4.78 is 0. The molecule has 0 aliphatic heterocycles. The summed E-state index contributed by atoms with van der Waals surface area (Å²) in [5.41, 5.74) is 23.8. The maximum atomic E-state index is 6.33. The third kappa shape index (κ3) is 12.2. The van der Waals surface area contributed by atoms with Crippen molar-refractivity contribution in [1.29, 1.82) is 0 Å². The second-order valence-corrected chi connectivity index (χ2v) is 25.1. The van der Waals surface area contributed by atoms with Crippen molar-refractivity contribution in [2.75, 3.05) is 11.8 Å². The molecule has 3 aliphatic carbocycles. The van der Waals surface area contributed by atoms with Gasteiger partial charge in [0.1, 0.15) is 0 Å². The van der Waals surface area contributed by atoms with Gasteiger partial charge >= 0.3 is 0 Å². The van der Waals surface area contributed by atoms with Crippen molar-refractivity contribution in [2.24, 2.45) is 0 Å². The normalized spacial score (nSPS) is 14.8. The minimum absolute atomic E-state index is 0.0622. The molecule has 0 heterocycles. The van der Waals surface area contributed by atoms with Gasteiger partial charge in [-0.1, -0.05) is 266 Å². The summed E-state index contributed by atoms with van der Waals surface area (Å²) in [6, 6.07) is 49.8. The van der Waals surface area contributed by atoms with Crippen molar-refractivity contribution >= 4 is 23.2 Å². The van der Waals surface area contributed by atoms with Gasteiger partial charge in [-0.05, 0) is 165 Å². The Hall–Kier alpha value is -4.10. The summed E-state index contributed by atoms with van der Waals surface area (Å²) in [4.78, 5) is 0. The summed E-state index contributed by atoms with van der Waals surface area (Å²) in [5.74, 6) is 1.50. The van der Waals surface area contributed by atoms with Crippen LogP contribution in [0.4, 0.5) is 0 Å². The zero-order valence-electron chi connectivity index (χ0n) is 48.4. The van der Waals surface area contributed by atoms with Gasteiger partial charge in [-0.2, -0.15) is 0 Å². The molecule has 0 bridgehead atoms. The highest BCUT2D eigenvalue weighted by Crippen LogP contribution is 2.59. The van der Waals surface area contributed by atoms with Gasteiger partial charge in [0.2, 0.25) is 0 Å². The van der Waals surface area contributed by atoms with E-state index in [1.165, 1.54) is 223 Å².